The molecule has 0 atom stereocenters. The van der Waals surface area contributed by atoms with Crippen molar-refractivity contribution >= 4 is 0 Å². The summed E-state index contributed by atoms with van der Waals surface area (Å²) in [5.74, 6) is 3.64. The van der Waals surface area contributed by atoms with Gasteiger partial charge in [0, 0.05) is 22.3 Å². The van der Waals surface area contributed by atoms with Gasteiger partial charge in [-0.05, 0) is 80.4 Å². The first-order valence-corrected chi connectivity index (χ1v) is 19.3. The molecule has 2 heterocycles. The Morgan fingerprint density at radius 1 is 0.333 bits per heavy atom. The van der Waals surface area contributed by atoms with E-state index in [1.165, 1.54) is 33.4 Å². The van der Waals surface area contributed by atoms with Gasteiger partial charge in [-0.15, -0.1) is 0 Å². The third kappa shape index (κ3) is 4.68. The van der Waals surface area contributed by atoms with Gasteiger partial charge in [-0.3, -0.25) is 0 Å². The molecule has 4 heteroatoms. The lowest BCUT2D eigenvalue weighted by atomic mass is 9.70. The van der Waals surface area contributed by atoms with Gasteiger partial charge in [-0.2, -0.15) is 0 Å². The number of ether oxygens (including phenoxy) is 2. The Morgan fingerprint density at radius 3 is 1.49 bits per heavy atom. The summed E-state index contributed by atoms with van der Waals surface area (Å²) in [6, 6.07) is 68.2. The molecule has 1 aromatic heterocycles. The fourth-order valence-electron chi connectivity index (χ4n) is 9.29. The zero-order valence-corrected chi connectivity index (χ0v) is 30.7. The number of nitrogens with zero attached hydrogens (tertiary/aromatic N) is 2. The molecule has 2 aliphatic carbocycles. The number of aromatic nitrogens is 2. The monoisotopic (exact) mass is 728 g/mol. The van der Waals surface area contributed by atoms with E-state index < -0.39 is 5.41 Å². The molecular formula is C53H32N2O2. The molecule has 0 unspecified atom stereocenters. The second-order valence-corrected chi connectivity index (χ2v) is 14.8. The zero-order valence-electron chi connectivity index (χ0n) is 30.7. The highest BCUT2D eigenvalue weighted by atomic mass is 16.6. The second-order valence-electron chi connectivity index (χ2n) is 14.8. The van der Waals surface area contributed by atoms with E-state index in [9.17, 15) is 0 Å². The second kappa shape index (κ2) is 12.2. The van der Waals surface area contributed by atoms with Crippen LogP contribution in [-0.4, -0.2) is 9.97 Å². The van der Waals surface area contributed by atoms with Gasteiger partial charge in [0.15, 0.2) is 28.8 Å². The number of fused-ring (bicyclic) bond motifs is 13. The van der Waals surface area contributed by atoms with Crippen molar-refractivity contribution in [2.45, 2.75) is 5.41 Å². The maximum absolute atomic E-state index is 6.87. The molecule has 0 fully saturated rings. The maximum atomic E-state index is 6.87. The van der Waals surface area contributed by atoms with Crippen LogP contribution in [0.4, 0.5) is 0 Å². The quantitative estimate of drug-likeness (QED) is 0.181. The number of rotatable bonds is 4. The van der Waals surface area contributed by atoms with Crippen molar-refractivity contribution in [2.24, 2.45) is 0 Å². The molecule has 0 N–H and O–H groups in total. The Bertz CT molecular complexity index is 2960. The Balaban J connectivity index is 1.02. The Labute approximate surface area is 330 Å². The minimum atomic E-state index is -0.617. The number of para-hydroxylation sites is 2. The average Bonchev–Trinajstić information content (AvgIpc) is 3.76. The topological polar surface area (TPSA) is 44.2 Å². The molecule has 3 aliphatic rings. The van der Waals surface area contributed by atoms with Crippen LogP contribution in [0.5, 0.6) is 23.0 Å². The smallest absolute Gasteiger partial charge is 0.175 e. The fraction of sp³-hybridized carbons (Fsp3) is 0.0189. The van der Waals surface area contributed by atoms with Crippen LogP contribution in [0.2, 0.25) is 0 Å². The molecule has 0 radical (unpaired) electrons. The van der Waals surface area contributed by atoms with Crippen molar-refractivity contribution in [3.05, 3.63) is 216 Å². The molecule has 1 spiro atoms. The molecule has 1 aliphatic heterocycles. The summed E-state index contributed by atoms with van der Waals surface area (Å²) in [5, 5.41) is 0. The van der Waals surface area contributed by atoms with E-state index >= 15 is 0 Å². The summed E-state index contributed by atoms with van der Waals surface area (Å²) >= 11 is 0. The van der Waals surface area contributed by atoms with Crippen LogP contribution < -0.4 is 9.47 Å². The fourth-order valence-corrected chi connectivity index (χ4v) is 9.29. The van der Waals surface area contributed by atoms with E-state index in [1.54, 1.807) is 0 Å². The summed E-state index contributed by atoms with van der Waals surface area (Å²) in [6.45, 7) is 0. The van der Waals surface area contributed by atoms with Gasteiger partial charge in [-0.25, -0.2) is 9.97 Å². The van der Waals surface area contributed by atoms with Crippen molar-refractivity contribution < 1.29 is 9.47 Å². The molecule has 0 saturated carbocycles. The summed E-state index contributed by atoms with van der Waals surface area (Å²) in [7, 11) is 0. The van der Waals surface area contributed by atoms with Crippen LogP contribution in [0.25, 0.3) is 67.3 Å². The van der Waals surface area contributed by atoms with E-state index in [-0.39, 0.29) is 0 Å². The number of hydrogen-bond donors (Lipinski definition) is 0. The first-order valence-electron chi connectivity index (χ1n) is 19.3. The highest BCUT2D eigenvalue weighted by Crippen LogP contribution is 2.67. The van der Waals surface area contributed by atoms with E-state index in [2.05, 4.69) is 133 Å². The predicted octanol–water partition coefficient (Wildman–Crippen LogP) is 13.4. The normalized spacial score (nSPS) is 13.3. The first-order chi connectivity index (χ1) is 28.2. The molecular weight excluding hydrogens is 697 g/mol. The van der Waals surface area contributed by atoms with Gasteiger partial charge in [0.1, 0.15) is 0 Å². The maximum Gasteiger partial charge on any atom is 0.175 e. The standard InChI is InChI=1S/C53H32N2O2/c1-3-13-34(14-4-1)45-32-46(35-15-5-2-6-16-35)55-52(54-45)36-25-23-33(24-26-36)37-27-28-40-41-29-30-49-51(57-48-22-12-11-21-47(48)56-49)50(41)53(44(40)31-37)42-19-9-7-17-38(42)39-18-8-10-20-43(39)53/h1-32H. The predicted molar refractivity (Wildman–Crippen MR) is 227 cm³/mol. The van der Waals surface area contributed by atoms with E-state index in [0.717, 1.165) is 73.3 Å². The van der Waals surface area contributed by atoms with Crippen LogP contribution in [0.15, 0.2) is 194 Å². The Hall–Kier alpha value is -7.56. The third-order valence-corrected chi connectivity index (χ3v) is 11.8. The summed E-state index contributed by atoms with van der Waals surface area (Å²) in [4.78, 5) is 10.2. The van der Waals surface area contributed by atoms with Crippen molar-refractivity contribution in [3.63, 3.8) is 0 Å². The lowest BCUT2D eigenvalue weighted by Crippen LogP contribution is -2.27. The number of hydrogen-bond acceptors (Lipinski definition) is 4. The number of benzene rings is 8. The van der Waals surface area contributed by atoms with Crippen LogP contribution in [0, 0.1) is 0 Å². The summed E-state index contributed by atoms with van der Waals surface area (Å²) < 4.78 is 13.4. The van der Waals surface area contributed by atoms with E-state index in [0.29, 0.717) is 5.82 Å². The molecule has 12 rings (SSSR count). The minimum absolute atomic E-state index is 0.617. The minimum Gasteiger partial charge on any atom is -0.450 e. The molecule has 4 nitrogen and oxygen atoms in total. The van der Waals surface area contributed by atoms with Crippen LogP contribution in [-0.2, 0) is 5.41 Å². The molecule has 57 heavy (non-hydrogen) atoms. The Morgan fingerprint density at radius 2 is 0.842 bits per heavy atom. The third-order valence-electron chi connectivity index (χ3n) is 11.8. The van der Waals surface area contributed by atoms with Gasteiger partial charge in [0.2, 0.25) is 0 Å². The van der Waals surface area contributed by atoms with E-state index in [1.807, 2.05) is 60.7 Å². The molecule has 8 aromatic carbocycles. The summed E-state index contributed by atoms with van der Waals surface area (Å²) in [6.07, 6.45) is 0. The summed E-state index contributed by atoms with van der Waals surface area (Å²) in [5.41, 5.74) is 16.2. The average molecular weight is 729 g/mol. The van der Waals surface area contributed by atoms with Crippen molar-refractivity contribution in [1.29, 1.82) is 0 Å². The molecule has 0 bridgehead atoms. The largest absolute Gasteiger partial charge is 0.450 e. The van der Waals surface area contributed by atoms with E-state index in [4.69, 9.17) is 19.4 Å². The Kier molecular flexibility index (Phi) is 6.81. The van der Waals surface area contributed by atoms with Crippen molar-refractivity contribution in [1.82, 2.24) is 9.97 Å². The molecule has 9 aromatic rings. The van der Waals surface area contributed by atoms with Crippen LogP contribution in [0.1, 0.15) is 22.3 Å². The first kappa shape index (κ1) is 31.8. The lowest BCUT2D eigenvalue weighted by molar-refractivity contribution is 0.354. The zero-order chi connectivity index (χ0) is 37.5. The van der Waals surface area contributed by atoms with Crippen LogP contribution in [0.3, 0.4) is 0 Å². The van der Waals surface area contributed by atoms with Gasteiger partial charge in [0.05, 0.1) is 16.8 Å². The van der Waals surface area contributed by atoms with Gasteiger partial charge in [0.25, 0.3) is 0 Å². The highest BCUT2D eigenvalue weighted by Gasteiger charge is 2.54. The van der Waals surface area contributed by atoms with Crippen LogP contribution >= 0.6 is 0 Å². The highest BCUT2D eigenvalue weighted by molar-refractivity contribution is 5.98. The van der Waals surface area contributed by atoms with Gasteiger partial charge < -0.3 is 9.47 Å². The molecule has 266 valence electrons. The molecule has 0 saturated heterocycles. The van der Waals surface area contributed by atoms with Gasteiger partial charge >= 0.3 is 0 Å². The molecule has 0 amide bonds. The SMILES string of the molecule is c1ccc(-c2cc(-c3ccccc3)nc(-c3ccc(-c4ccc5c(c4)C4(c6ccccc6-c6ccccc64)c4c-5ccc5c4Oc4ccccc4O5)cc3)n2)cc1. The lowest BCUT2D eigenvalue weighted by Gasteiger charge is -2.33. The van der Waals surface area contributed by atoms with Crippen molar-refractivity contribution in [2.75, 3.05) is 0 Å². The van der Waals surface area contributed by atoms with Crippen molar-refractivity contribution in [3.8, 4) is 90.3 Å². The van der Waals surface area contributed by atoms with Gasteiger partial charge in [-0.1, -0.05) is 164 Å².